The molecule has 0 aromatic heterocycles. The van der Waals surface area contributed by atoms with Crippen LogP contribution in [0, 0.1) is 5.82 Å². The van der Waals surface area contributed by atoms with Gasteiger partial charge in [0, 0.05) is 12.1 Å². The number of carbonyl (C=O) groups is 1. The Morgan fingerprint density at radius 3 is 2.62 bits per heavy atom. The van der Waals surface area contributed by atoms with Gasteiger partial charge in [0.2, 0.25) is 5.78 Å². The molecule has 110 valence electrons. The van der Waals surface area contributed by atoms with Gasteiger partial charge in [0.15, 0.2) is 6.61 Å². The van der Waals surface area contributed by atoms with Crippen LogP contribution in [0.1, 0.15) is 22.8 Å². The summed E-state index contributed by atoms with van der Waals surface area (Å²) in [5.41, 5.74) is 0.628. The Balaban J connectivity index is 2.13. The molecule has 2 rings (SSSR count). The van der Waals surface area contributed by atoms with E-state index in [1.54, 1.807) is 0 Å². The minimum atomic E-state index is -0.458. The van der Waals surface area contributed by atoms with Crippen molar-refractivity contribution in [2.45, 2.75) is 13.3 Å². The van der Waals surface area contributed by atoms with Crippen LogP contribution < -0.4 is 4.74 Å². The zero-order valence-corrected chi connectivity index (χ0v) is 11.5. The third-order valence-corrected chi connectivity index (χ3v) is 3.04. The van der Waals surface area contributed by atoms with E-state index in [0.717, 1.165) is 6.07 Å². The first-order chi connectivity index (χ1) is 10.0. The molecule has 2 N–H and O–H groups in total. The van der Waals surface area contributed by atoms with E-state index >= 15 is 0 Å². The predicted octanol–water partition coefficient (Wildman–Crippen LogP) is 3.06. The van der Waals surface area contributed by atoms with Crippen molar-refractivity contribution in [3.63, 3.8) is 0 Å². The quantitative estimate of drug-likeness (QED) is 0.831. The van der Waals surface area contributed by atoms with Crippen LogP contribution in [-0.4, -0.2) is 22.6 Å². The van der Waals surface area contributed by atoms with Gasteiger partial charge in [0.1, 0.15) is 23.1 Å². The fraction of sp³-hybridized carbons (Fsp3) is 0.188. The fourth-order valence-corrected chi connectivity index (χ4v) is 1.91. The molecule has 0 aliphatic carbocycles. The lowest BCUT2D eigenvalue weighted by atomic mass is 10.0. The number of benzene rings is 2. The van der Waals surface area contributed by atoms with Crippen LogP contribution in [0.4, 0.5) is 4.39 Å². The second-order valence-corrected chi connectivity index (χ2v) is 4.52. The molecule has 0 unspecified atom stereocenters. The number of hydrogen-bond donors (Lipinski definition) is 2. The molecule has 0 atom stereocenters. The molecule has 0 heterocycles. The van der Waals surface area contributed by atoms with Gasteiger partial charge in [0.05, 0.1) is 5.56 Å². The van der Waals surface area contributed by atoms with Gasteiger partial charge < -0.3 is 14.9 Å². The number of aryl methyl sites for hydroxylation is 1. The Kier molecular flexibility index (Phi) is 4.42. The normalized spacial score (nSPS) is 10.4. The average molecular weight is 290 g/mol. The second kappa shape index (κ2) is 6.26. The van der Waals surface area contributed by atoms with Crippen LogP contribution in [0.2, 0.25) is 0 Å². The van der Waals surface area contributed by atoms with E-state index in [4.69, 9.17) is 4.74 Å². The molecule has 0 fully saturated rings. The number of rotatable bonds is 5. The van der Waals surface area contributed by atoms with E-state index in [9.17, 15) is 19.4 Å². The third-order valence-electron chi connectivity index (χ3n) is 3.04. The van der Waals surface area contributed by atoms with Crippen LogP contribution in [0.3, 0.4) is 0 Å². The number of hydrogen-bond acceptors (Lipinski definition) is 4. The summed E-state index contributed by atoms with van der Waals surface area (Å²) in [6.07, 6.45) is 0.525. The summed E-state index contributed by atoms with van der Waals surface area (Å²) in [6.45, 7) is 1.49. The molecule has 0 aliphatic rings. The van der Waals surface area contributed by atoms with Crippen molar-refractivity contribution in [3.8, 4) is 17.2 Å². The maximum Gasteiger partial charge on any atom is 0.203 e. The molecule has 4 nitrogen and oxygen atoms in total. The third kappa shape index (κ3) is 3.51. The lowest BCUT2D eigenvalue weighted by Gasteiger charge is -2.09. The van der Waals surface area contributed by atoms with Gasteiger partial charge in [-0.1, -0.05) is 13.0 Å². The molecule has 0 bridgehead atoms. The van der Waals surface area contributed by atoms with Gasteiger partial charge in [-0.15, -0.1) is 0 Å². The summed E-state index contributed by atoms with van der Waals surface area (Å²) >= 11 is 0. The van der Waals surface area contributed by atoms with Crippen molar-refractivity contribution in [3.05, 3.63) is 53.3 Å². The van der Waals surface area contributed by atoms with Crippen LogP contribution in [0.15, 0.2) is 36.4 Å². The predicted molar refractivity (Wildman–Crippen MR) is 75.4 cm³/mol. The highest BCUT2D eigenvalue weighted by molar-refractivity contribution is 6.00. The van der Waals surface area contributed by atoms with Crippen molar-refractivity contribution in [1.82, 2.24) is 0 Å². The van der Waals surface area contributed by atoms with Gasteiger partial charge in [-0.05, 0) is 30.2 Å². The van der Waals surface area contributed by atoms with Gasteiger partial charge in [-0.3, -0.25) is 4.79 Å². The number of Topliss-reactive ketones (excluding diaryl/α,β-unsaturated/α-hetero) is 1. The van der Waals surface area contributed by atoms with Crippen molar-refractivity contribution in [1.29, 1.82) is 0 Å². The zero-order valence-electron chi connectivity index (χ0n) is 11.5. The molecule has 2 aromatic carbocycles. The maximum absolute atomic E-state index is 13.0. The molecule has 0 spiro atoms. The second-order valence-electron chi connectivity index (χ2n) is 4.52. The van der Waals surface area contributed by atoms with E-state index in [0.29, 0.717) is 12.0 Å². The van der Waals surface area contributed by atoms with E-state index in [1.165, 1.54) is 30.3 Å². The highest BCUT2D eigenvalue weighted by Crippen LogP contribution is 2.28. The van der Waals surface area contributed by atoms with E-state index in [2.05, 4.69) is 0 Å². The molecular weight excluding hydrogens is 275 g/mol. The van der Waals surface area contributed by atoms with E-state index in [-0.39, 0.29) is 29.4 Å². The Hall–Kier alpha value is -2.56. The average Bonchev–Trinajstić information content (AvgIpc) is 2.45. The first-order valence-electron chi connectivity index (χ1n) is 6.47. The van der Waals surface area contributed by atoms with Crippen molar-refractivity contribution in [2.75, 3.05) is 6.61 Å². The zero-order chi connectivity index (χ0) is 15.4. The molecule has 0 radical (unpaired) electrons. The van der Waals surface area contributed by atoms with Gasteiger partial charge in [-0.2, -0.15) is 0 Å². The molecule has 0 saturated heterocycles. The number of ketones is 1. The minimum Gasteiger partial charge on any atom is -0.508 e. The topological polar surface area (TPSA) is 66.8 Å². The Labute approximate surface area is 121 Å². The smallest absolute Gasteiger partial charge is 0.203 e. The first-order valence-corrected chi connectivity index (χ1v) is 6.47. The summed E-state index contributed by atoms with van der Waals surface area (Å²) in [5, 5.41) is 19.3. The highest BCUT2D eigenvalue weighted by atomic mass is 19.1. The first kappa shape index (κ1) is 14.8. The van der Waals surface area contributed by atoms with E-state index < -0.39 is 11.6 Å². The summed E-state index contributed by atoms with van der Waals surface area (Å²) in [6, 6.07) is 8.01. The highest BCUT2D eigenvalue weighted by Gasteiger charge is 2.15. The molecule has 0 saturated carbocycles. The number of phenols is 2. The largest absolute Gasteiger partial charge is 0.508 e. The number of aromatic hydroxyl groups is 2. The Bertz CT molecular complexity index is 667. The molecule has 0 aliphatic heterocycles. The number of halogens is 1. The van der Waals surface area contributed by atoms with Crippen molar-refractivity contribution >= 4 is 5.78 Å². The lowest BCUT2D eigenvalue weighted by Crippen LogP contribution is -2.12. The number of carbonyl (C=O) groups excluding carboxylic acids is 1. The van der Waals surface area contributed by atoms with Crippen molar-refractivity contribution < 1.29 is 24.1 Å². The minimum absolute atomic E-state index is 0.0578. The molecular formula is C16H15FO4. The maximum atomic E-state index is 13.0. The lowest BCUT2D eigenvalue weighted by molar-refractivity contribution is 0.0918. The monoisotopic (exact) mass is 290 g/mol. The molecule has 21 heavy (non-hydrogen) atoms. The molecule has 0 amide bonds. The summed E-state index contributed by atoms with van der Waals surface area (Å²) in [7, 11) is 0. The summed E-state index contributed by atoms with van der Waals surface area (Å²) < 4.78 is 18.2. The summed E-state index contributed by atoms with van der Waals surface area (Å²) in [4.78, 5) is 12.0. The Morgan fingerprint density at radius 1 is 1.19 bits per heavy atom. The van der Waals surface area contributed by atoms with Gasteiger partial charge >= 0.3 is 0 Å². The standard InChI is InChI=1S/C16H15FO4/c1-2-10-6-13(15(19)8-14(10)18)16(20)9-21-12-5-3-4-11(17)7-12/h3-8,18-19H,2,9H2,1H3. The van der Waals surface area contributed by atoms with Gasteiger partial charge in [-0.25, -0.2) is 4.39 Å². The molecule has 5 heteroatoms. The number of ether oxygens (including phenoxy) is 1. The van der Waals surface area contributed by atoms with Crippen molar-refractivity contribution in [2.24, 2.45) is 0 Å². The van der Waals surface area contributed by atoms with E-state index in [1.807, 2.05) is 6.92 Å². The number of phenolic OH excluding ortho intramolecular Hbond substituents is 2. The summed E-state index contributed by atoms with van der Waals surface area (Å²) in [5.74, 6) is -1.04. The van der Waals surface area contributed by atoms with Crippen LogP contribution in [-0.2, 0) is 6.42 Å². The molecule has 2 aromatic rings. The van der Waals surface area contributed by atoms with Crippen LogP contribution >= 0.6 is 0 Å². The van der Waals surface area contributed by atoms with Crippen LogP contribution in [0.25, 0.3) is 0 Å². The van der Waals surface area contributed by atoms with Crippen LogP contribution in [0.5, 0.6) is 17.2 Å². The van der Waals surface area contributed by atoms with Gasteiger partial charge in [0.25, 0.3) is 0 Å². The fourth-order valence-electron chi connectivity index (χ4n) is 1.91. The Morgan fingerprint density at radius 2 is 1.95 bits per heavy atom. The SMILES string of the molecule is CCc1cc(C(=O)COc2cccc(F)c2)c(O)cc1O.